The predicted molar refractivity (Wildman–Crippen MR) is 155 cm³/mol. The second-order valence-electron chi connectivity index (χ2n) is 15.0. The van der Waals surface area contributed by atoms with Gasteiger partial charge in [-0.1, -0.05) is 46.3 Å². The first-order chi connectivity index (χ1) is 17.9. The second-order valence-corrected chi connectivity index (χ2v) is 15.6. The van der Waals surface area contributed by atoms with Gasteiger partial charge in [-0.25, -0.2) is 0 Å². The van der Waals surface area contributed by atoms with Crippen LogP contribution in [0.25, 0.3) is 0 Å². The molecule has 5 atom stereocenters. The first kappa shape index (κ1) is 28.5. The van der Waals surface area contributed by atoms with E-state index >= 15 is 0 Å². The van der Waals surface area contributed by atoms with Gasteiger partial charge < -0.3 is 15.5 Å². The van der Waals surface area contributed by atoms with E-state index in [0.717, 1.165) is 63.6 Å². The number of likely N-dealkylation sites (tertiary alicyclic amines) is 1. The number of allylic oxidation sites excluding steroid dienone is 2. The summed E-state index contributed by atoms with van der Waals surface area (Å²) in [5, 5.41) is 7.37. The SMILES string of the molecule is CCNC12CC3CC(CC(CC(=O)N[C@@H](C(=O)N4CCC(C5=CCC(Cl)CC5)C(C)(C)C4)C(C)C)(C3)C1)C2. The van der Waals surface area contributed by atoms with E-state index in [-0.39, 0.29) is 39.5 Å². The van der Waals surface area contributed by atoms with E-state index in [1.807, 2.05) is 4.90 Å². The Bertz CT molecular complexity index is 929. The zero-order valence-corrected chi connectivity index (χ0v) is 25.3. The lowest BCUT2D eigenvalue weighted by atomic mass is 9.46. The molecule has 4 bridgehead atoms. The van der Waals surface area contributed by atoms with Gasteiger partial charge >= 0.3 is 0 Å². The maximum absolute atomic E-state index is 13.9. The van der Waals surface area contributed by atoms with Crippen molar-refractivity contribution in [2.24, 2.45) is 34.5 Å². The Morgan fingerprint density at radius 3 is 2.42 bits per heavy atom. The summed E-state index contributed by atoms with van der Waals surface area (Å²) in [5.74, 6) is 2.27. The van der Waals surface area contributed by atoms with E-state index in [1.165, 1.54) is 32.1 Å². The van der Waals surface area contributed by atoms with Crippen LogP contribution >= 0.6 is 11.6 Å². The molecule has 6 rings (SSSR count). The zero-order valence-electron chi connectivity index (χ0n) is 24.6. The summed E-state index contributed by atoms with van der Waals surface area (Å²) in [6, 6.07) is -0.447. The Balaban J connectivity index is 1.22. The molecule has 4 saturated carbocycles. The quantitative estimate of drug-likeness (QED) is 0.288. The largest absolute Gasteiger partial charge is 0.344 e. The van der Waals surface area contributed by atoms with E-state index in [4.69, 9.17) is 11.6 Å². The first-order valence-corrected chi connectivity index (χ1v) is 16.0. The third kappa shape index (κ3) is 5.71. The molecule has 4 unspecified atom stereocenters. The number of carbonyl (C=O) groups excluding carboxylic acids is 2. The Morgan fingerprint density at radius 2 is 1.84 bits per heavy atom. The van der Waals surface area contributed by atoms with Gasteiger partial charge in [0.15, 0.2) is 0 Å². The molecule has 1 saturated heterocycles. The molecule has 0 aromatic heterocycles. The topological polar surface area (TPSA) is 61.4 Å². The van der Waals surface area contributed by atoms with Crippen molar-refractivity contribution < 1.29 is 9.59 Å². The van der Waals surface area contributed by atoms with Gasteiger partial charge in [0.05, 0.1) is 0 Å². The van der Waals surface area contributed by atoms with Crippen molar-refractivity contribution in [1.82, 2.24) is 15.5 Å². The molecular weight excluding hydrogens is 494 g/mol. The summed E-state index contributed by atoms with van der Waals surface area (Å²) in [5.41, 5.74) is 1.90. The van der Waals surface area contributed by atoms with Crippen LogP contribution < -0.4 is 10.6 Å². The Kier molecular flexibility index (Phi) is 8.03. The Hall–Kier alpha value is -1.07. The normalized spacial score (nSPS) is 38.7. The van der Waals surface area contributed by atoms with Crippen molar-refractivity contribution in [2.45, 2.75) is 122 Å². The van der Waals surface area contributed by atoms with Crippen LogP contribution in [0.2, 0.25) is 0 Å². The van der Waals surface area contributed by atoms with Crippen molar-refractivity contribution in [2.75, 3.05) is 19.6 Å². The fourth-order valence-corrected chi connectivity index (χ4v) is 10.1. The van der Waals surface area contributed by atoms with Gasteiger partial charge in [0, 0.05) is 30.4 Å². The first-order valence-electron chi connectivity index (χ1n) is 15.6. The van der Waals surface area contributed by atoms with Crippen LogP contribution in [0.1, 0.15) is 105 Å². The van der Waals surface area contributed by atoms with E-state index < -0.39 is 6.04 Å². The molecule has 38 heavy (non-hydrogen) atoms. The van der Waals surface area contributed by atoms with Crippen LogP contribution in [0.5, 0.6) is 0 Å². The van der Waals surface area contributed by atoms with Gasteiger partial charge in [-0.2, -0.15) is 0 Å². The number of hydrogen-bond acceptors (Lipinski definition) is 3. The third-order valence-electron chi connectivity index (χ3n) is 10.9. The highest BCUT2D eigenvalue weighted by molar-refractivity contribution is 6.20. The molecule has 1 heterocycles. The molecule has 6 heteroatoms. The molecule has 1 aliphatic heterocycles. The lowest BCUT2D eigenvalue weighted by Crippen LogP contribution is -2.63. The van der Waals surface area contributed by atoms with Gasteiger partial charge in [0.2, 0.25) is 11.8 Å². The summed E-state index contributed by atoms with van der Waals surface area (Å²) in [6.07, 6.45) is 14.4. The highest BCUT2D eigenvalue weighted by Crippen LogP contribution is 2.62. The number of carbonyl (C=O) groups is 2. The zero-order chi connectivity index (χ0) is 27.3. The summed E-state index contributed by atoms with van der Waals surface area (Å²) in [4.78, 5) is 29.5. The monoisotopic (exact) mass is 545 g/mol. The summed E-state index contributed by atoms with van der Waals surface area (Å²) >= 11 is 6.35. The van der Waals surface area contributed by atoms with Crippen molar-refractivity contribution in [3.05, 3.63) is 11.6 Å². The molecule has 5 fully saturated rings. The van der Waals surface area contributed by atoms with Crippen LogP contribution in [0, 0.1) is 34.5 Å². The summed E-state index contributed by atoms with van der Waals surface area (Å²) < 4.78 is 0. The number of hydrogen-bond donors (Lipinski definition) is 2. The van der Waals surface area contributed by atoms with Gasteiger partial charge in [-0.05, 0) is 105 Å². The molecule has 2 N–H and O–H groups in total. The molecule has 0 spiro atoms. The number of halogens is 1. The van der Waals surface area contributed by atoms with Gasteiger partial charge in [-0.15, -0.1) is 11.6 Å². The van der Waals surface area contributed by atoms with Crippen molar-refractivity contribution >= 4 is 23.4 Å². The van der Waals surface area contributed by atoms with Crippen LogP contribution in [-0.4, -0.2) is 53.3 Å². The van der Waals surface area contributed by atoms with Crippen LogP contribution in [0.4, 0.5) is 0 Å². The molecule has 214 valence electrons. The molecule has 0 radical (unpaired) electrons. The fraction of sp³-hybridized carbons (Fsp3) is 0.875. The molecule has 0 aromatic carbocycles. The highest BCUT2D eigenvalue weighted by atomic mass is 35.5. The average Bonchev–Trinajstić information content (AvgIpc) is 2.81. The van der Waals surface area contributed by atoms with Crippen molar-refractivity contribution in [3.8, 4) is 0 Å². The highest BCUT2D eigenvalue weighted by Gasteiger charge is 2.57. The summed E-state index contributed by atoms with van der Waals surface area (Å²) in [6.45, 7) is 13.5. The lowest BCUT2D eigenvalue weighted by Gasteiger charge is -2.62. The minimum atomic E-state index is -0.447. The van der Waals surface area contributed by atoms with Crippen LogP contribution in [-0.2, 0) is 9.59 Å². The number of nitrogens with one attached hydrogen (secondary N) is 2. The predicted octanol–water partition coefficient (Wildman–Crippen LogP) is 6.06. The van der Waals surface area contributed by atoms with Gasteiger partial charge in [-0.3, -0.25) is 9.59 Å². The number of piperidine rings is 1. The molecule has 0 aromatic rings. The Morgan fingerprint density at radius 1 is 1.13 bits per heavy atom. The molecular formula is C32H52ClN3O2. The maximum atomic E-state index is 13.9. The Labute approximate surface area is 236 Å². The van der Waals surface area contributed by atoms with Crippen LogP contribution in [0.15, 0.2) is 11.6 Å². The van der Waals surface area contributed by atoms with E-state index in [0.29, 0.717) is 12.3 Å². The maximum Gasteiger partial charge on any atom is 0.245 e. The number of alkyl halides is 1. The molecule has 5 aliphatic carbocycles. The average molecular weight is 546 g/mol. The number of nitrogens with zero attached hydrogens (tertiary/aromatic N) is 1. The smallest absolute Gasteiger partial charge is 0.245 e. The third-order valence-corrected chi connectivity index (χ3v) is 11.3. The summed E-state index contributed by atoms with van der Waals surface area (Å²) in [7, 11) is 0. The standard InChI is InChI=1S/C32H52ClN3O2/c1-6-34-32-16-22-13-23(17-32)15-31(14-22,19-32)18-27(37)35-28(21(2)3)29(38)36-12-11-26(30(4,5)20-36)24-7-9-25(33)10-8-24/h7,21-23,25-26,28,34H,6,8-20H2,1-5H3,(H,35,37)/t22?,23?,25?,26?,28-,31?,32?/m1/s1. The molecule has 2 amide bonds. The molecule has 6 aliphatic rings. The minimum absolute atomic E-state index is 0.0181. The van der Waals surface area contributed by atoms with E-state index in [9.17, 15) is 9.59 Å². The fourth-order valence-electron chi connectivity index (χ4n) is 9.89. The molecule has 5 nitrogen and oxygen atoms in total. The number of amides is 2. The van der Waals surface area contributed by atoms with Gasteiger partial charge in [0.1, 0.15) is 6.04 Å². The van der Waals surface area contributed by atoms with E-state index in [2.05, 4.69) is 51.3 Å². The lowest BCUT2D eigenvalue weighted by molar-refractivity contribution is -0.143. The van der Waals surface area contributed by atoms with Crippen LogP contribution in [0.3, 0.4) is 0 Å². The second kappa shape index (κ2) is 10.7. The van der Waals surface area contributed by atoms with E-state index in [1.54, 1.807) is 5.57 Å². The van der Waals surface area contributed by atoms with Crippen molar-refractivity contribution in [3.63, 3.8) is 0 Å². The number of rotatable bonds is 8. The van der Waals surface area contributed by atoms with Crippen molar-refractivity contribution in [1.29, 1.82) is 0 Å². The van der Waals surface area contributed by atoms with Gasteiger partial charge in [0.25, 0.3) is 0 Å². The minimum Gasteiger partial charge on any atom is -0.344 e.